The number of hydrogen-bond acceptors (Lipinski definition) is 6. The summed E-state index contributed by atoms with van der Waals surface area (Å²) in [6.07, 6.45) is 0. The number of nitriles is 1. The Morgan fingerprint density at radius 2 is 1.96 bits per heavy atom. The molecule has 2 heterocycles. The van der Waals surface area contributed by atoms with Crippen LogP contribution in [0.2, 0.25) is 0 Å². The lowest BCUT2D eigenvalue weighted by Gasteiger charge is -2.31. The van der Waals surface area contributed by atoms with Crippen LogP contribution in [0.25, 0.3) is 0 Å². The van der Waals surface area contributed by atoms with E-state index < -0.39 is 16.5 Å². The van der Waals surface area contributed by atoms with Gasteiger partial charge in [0.05, 0.1) is 36.5 Å². The molecule has 2 aliphatic heterocycles. The third-order valence-electron chi connectivity index (χ3n) is 4.79. The highest BCUT2D eigenvalue weighted by Gasteiger charge is 2.38. The van der Waals surface area contributed by atoms with Crippen molar-refractivity contribution in [3.8, 4) is 6.07 Å². The van der Waals surface area contributed by atoms with Crippen molar-refractivity contribution in [3.05, 3.63) is 46.5 Å². The van der Waals surface area contributed by atoms with Crippen molar-refractivity contribution in [1.82, 2.24) is 4.90 Å². The second kappa shape index (κ2) is 9.18. The van der Waals surface area contributed by atoms with Crippen molar-refractivity contribution in [2.45, 2.75) is 19.8 Å². The van der Waals surface area contributed by atoms with E-state index in [-0.39, 0.29) is 23.2 Å². The summed E-state index contributed by atoms with van der Waals surface area (Å²) in [4.78, 5) is 27.3. The number of hydrogen-bond donors (Lipinski definition) is 0. The minimum absolute atomic E-state index is 0.142. The molecule has 1 aromatic rings. The standard InChI is InChI=1S/C21H24N2O4S/c1-3-27-21(25)19(15(2)24)28-14-18(16-7-5-4-6-8-16)17(13-22)20(28)23-9-11-26-12-10-23/h4-8,18H,3,9-12,14H2,1-2H3. The quantitative estimate of drug-likeness (QED) is 0.429. The van der Waals surface area contributed by atoms with Gasteiger partial charge in [0.1, 0.15) is 4.86 Å². The van der Waals surface area contributed by atoms with Crippen molar-refractivity contribution in [2.75, 3.05) is 38.7 Å². The summed E-state index contributed by atoms with van der Waals surface area (Å²) < 4.78 is 10.6. The second-order valence-electron chi connectivity index (χ2n) is 6.56. The summed E-state index contributed by atoms with van der Waals surface area (Å²) in [7, 11) is -0.803. The van der Waals surface area contributed by atoms with Crippen LogP contribution in [0.5, 0.6) is 0 Å². The zero-order valence-electron chi connectivity index (χ0n) is 16.1. The predicted molar refractivity (Wildman–Crippen MR) is 109 cm³/mol. The molecule has 1 fully saturated rings. The van der Waals surface area contributed by atoms with Gasteiger partial charge in [0.15, 0.2) is 5.78 Å². The summed E-state index contributed by atoms with van der Waals surface area (Å²) in [6, 6.07) is 12.2. The van der Waals surface area contributed by atoms with Crippen molar-refractivity contribution < 1.29 is 19.1 Å². The molecule has 2 aliphatic rings. The lowest BCUT2D eigenvalue weighted by Crippen LogP contribution is -2.36. The first kappa shape index (κ1) is 20.3. The zero-order chi connectivity index (χ0) is 20.1. The van der Waals surface area contributed by atoms with E-state index in [1.165, 1.54) is 6.92 Å². The monoisotopic (exact) mass is 400 g/mol. The Morgan fingerprint density at radius 1 is 1.29 bits per heavy atom. The summed E-state index contributed by atoms with van der Waals surface area (Å²) in [5.41, 5.74) is 1.66. The van der Waals surface area contributed by atoms with Gasteiger partial charge >= 0.3 is 5.97 Å². The first-order valence-electron chi connectivity index (χ1n) is 9.36. The maximum Gasteiger partial charge on any atom is 0.347 e. The summed E-state index contributed by atoms with van der Waals surface area (Å²) in [6.45, 7) is 5.72. The molecule has 1 saturated heterocycles. The maximum absolute atomic E-state index is 12.6. The number of benzene rings is 1. The van der Waals surface area contributed by atoms with Gasteiger partial charge in [0, 0.05) is 24.8 Å². The molecule has 0 spiro atoms. The number of Topliss-reactive ketones (excluding diaryl/α,β-unsaturated/α-hetero) is 1. The van der Waals surface area contributed by atoms with Gasteiger partial charge in [-0.05, 0) is 19.4 Å². The highest BCUT2D eigenvalue weighted by molar-refractivity contribution is 8.21. The molecule has 0 amide bonds. The third kappa shape index (κ3) is 4.03. The highest BCUT2D eigenvalue weighted by atomic mass is 32.2. The average Bonchev–Trinajstić information content (AvgIpc) is 3.08. The maximum atomic E-state index is 12.6. The van der Waals surface area contributed by atoms with E-state index in [2.05, 4.69) is 11.0 Å². The van der Waals surface area contributed by atoms with Crippen LogP contribution in [-0.2, 0) is 19.1 Å². The van der Waals surface area contributed by atoms with Crippen LogP contribution in [0.3, 0.4) is 0 Å². The largest absolute Gasteiger partial charge is 0.462 e. The van der Waals surface area contributed by atoms with Gasteiger partial charge in [-0.3, -0.25) is 4.79 Å². The van der Waals surface area contributed by atoms with Gasteiger partial charge < -0.3 is 14.4 Å². The molecule has 1 aromatic carbocycles. The van der Waals surface area contributed by atoms with Crippen LogP contribution < -0.4 is 0 Å². The molecule has 2 atom stereocenters. The molecule has 0 aromatic heterocycles. The minimum Gasteiger partial charge on any atom is -0.462 e. The molecule has 0 bridgehead atoms. The average molecular weight is 401 g/mol. The Hall–Kier alpha value is -2.43. The van der Waals surface area contributed by atoms with Crippen molar-refractivity contribution in [3.63, 3.8) is 0 Å². The van der Waals surface area contributed by atoms with Gasteiger partial charge in [-0.25, -0.2) is 4.79 Å². The molecular weight excluding hydrogens is 376 g/mol. The summed E-state index contributed by atoms with van der Waals surface area (Å²) in [5.74, 6) is -0.474. The van der Waals surface area contributed by atoms with Gasteiger partial charge in [-0.15, -0.1) is 10.5 Å². The SMILES string of the molecule is CCOC(=O)/C(C(C)=O)=S1\CC(c2ccccc2)C(C#N)=C1N1CCOCC1. The van der Waals surface area contributed by atoms with E-state index in [4.69, 9.17) is 9.47 Å². The van der Waals surface area contributed by atoms with Gasteiger partial charge in [-0.2, -0.15) is 5.26 Å². The Labute approximate surface area is 167 Å². The molecule has 3 rings (SSSR count). The molecule has 28 heavy (non-hydrogen) atoms. The number of allylic oxidation sites excluding steroid dienone is 1. The first-order valence-corrected chi connectivity index (χ1v) is 10.8. The van der Waals surface area contributed by atoms with Crippen LogP contribution >= 0.6 is 10.5 Å². The van der Waals surface area contributed by atoms with Crippen molar-refractivity contribution in [1.29, 1.82) is 5.26 Å². The van der Waals surface area contributed by atoms with Crippen LogP contribution in [0.1, 0.15) is 25.3 Å². The fourth-order valence-electron chi connectivity index (χ4n) is 3.57. The van der Waals surface area contributed by atoms with Gasteiger partial charge in [-0.1, -0.05) is 30.3 Å². The van der Waals surface area contributed by atoms with Crippen LogP contribution in [0, 0.1) is 11.3 Å². The summed E-state index contributed by atoms with van der Waals surface area (Å²) in [5, 5.41) is 10.8. The topological polar surface area (TPSA) is 79.6 Å². The van der Waals surface area contributed by atoms with Crippen molar-refractivity contribution >= 4 is 27.1 Å². The van der Waals surface area contributed by atoms with E-state index in [1.54, 1.807) is 6.92 Å². The van der Waals surface area contributed by atoms with Crippen molar-refractivity contribution in [2.24, 2.45) is 0 Å². The fraction of sp³-hybridized carbons (Fsp3) is 0.429. The van der Waals surface area contributed by atoms with Crippen LogP contribution in [-0.4, -0.2) is 60.2 Å². The lowest BCUT2D eigenvalue weighted by atomic mass is 9.94. The molecule has 0 aliphatic carbocycles. The molecule has 148 valence electrons. The number of ketones is 1. The summed E-state index contributed by atoms with van der Waals surface area (Å²) >= 11 is 0. The minimum atomic E-state index is -0.803. The Kier molecular flexibility index (Phi) is 6.65. The number of carbonyl (C=O) groups is 2. The van der Waals surface area contributed by atoms with E-state index in [0.29, 0.717) is 37.6 Å². The van der Waals surface area contributed by atoms with E-state index in [0.717, 1.165) is 10.6 Å². The smallest absolute Gasteiger partial charge is 0.347 e. The number of rotatable bonds is 5. The Morgan fingerprint density at radius 3 is 2.54 bits per heavy atom. The number of ether oxygens (including phenoxy) is 2. The van der Waals surface area contributed by atoms with Crippen LogP contribution in [0.15, 0.2) is 40.9 Å². The van der Waals surface area contributed by atoms with Gasteiger partial charge in [0.25, 0.3) is 0 Å². The second-order valence-corrected chi connectivity index (χ2v) is 8.47. The van der Waals surface area contributed by atoms with Crippen LogP contribution in [0.4, 0.5) is 0 Å². The first-order chi connectivity index (χ1) is 13.6. The molecular formula is C21H24N2O4S. The number of esters is 1. The number of carbonyl (C=O) groups excluding carboxylic acids is 2. The predicted octanol–water partition coefficient (Wildman–Crippen LogP) is 2.44. The molecule has 0 saturated carbocycles. The normalized spacial score (nSPS) is 22.6. The van der Waals surface area contributed by atoms with E-state index in [1.807, 2.05) is 30.3 Å². The van der Waals surface area contributed by atoms with E-state index >= 15 is 0 Å². The Balaban J connectivity index is 2.19. The zero-order valence-corrected chi connectivity index (χ0v) is 17.0. The third-order valence-corrected chi connectivity index (χ3v) is 7.35. The molecule has 2 unspecified atom stereocenters. The van der Waals surface area contributed by atoms with E-state index in [9.17, 15) is 14.9 Å². The lowest BCUT2D eigenvalue weighted by molar-refractivity contribution is -0.135. The fourth-order valence-corrected chi connectivity index (χ4v) is 6.34. The molecule has 0 radical (unpaired) electrons. The molecule has 0 N–H and O–H groups in total. The number of nitrogens with zero attached hydrogens (tertiary/aromatic N) is 2. The van der Waals surface area contributed by atoms with Gasteiger partial charge in [0.2, 0.25) is 0 Å². The highest BCUT2D eigenvalue weighted by Crippen LogP contribution is 2.48. The Bertz CT molecular complexity index is 864. The molecule has 6 nitrogen and oxygen atoms in total. The number of morpholine rings is 1. The molecule has 7 heteroatoms.